The quantitative estimate of drug-likeness (QED) is 0.544. The minimum absolute atomic E-state index is 0.110. The molecule has 0 saturated carbocycles. The number of carbonyl (C=O) groups excluding carboxylic acids is 1. The summed E-state index contributed by atoms with van der Waals surface area (Å²) in [7, 11) is 3.96. The second kappa shape index (κ2) is 6.12. The molecule has 1 aromatic rings. The molecule has 0 aliphatic heterocycles. The Morgan fingerprint density at radius 1 is 1.62 bits per heavy atom. The fourth-order valence-corrected chi connectivity index (χ4v) is 1.21. The minimum atomic E-state index is -0.290. The summed E-state index contributed by atoms with van der Waals surface area (Å²) in [6.07, 6.45) is 2.48. The Morgan fingerprint density at radius 3 is 2.94 bits per heavy atom. The summed E-state index contributed by atoms with van der Waals surface area (Å²) in [5, 5.41) is 3.89. The number of nitrogens with zero attached hydrogens (tertiary/aromatic N) is 3. The molecule has 6 nitrogen and oxygen atoms in total. The summed E-state index contributed by atoms with van der Waals surface area (Å²) in [6, 6.07) is 1.64. The molecule has 0 unspecified atom stereocenters. The number of ether oxygens (including phenoxy) is 1. The number of rotatable bonds is 6. The molecule has 0 bridgehead atoms. The van der Waals surface area contributed by atoms with Crippen LogP contribution in [0, 0.1) is 0 Å². The number of aromatic nitrogens is 2. The lowest BCUT2D eigenvalue weighted by Gasteiger charge is -2.09. The smallest absolute Gasteiger partial charge is 0.327 e. The topological polar surface area (TPSA) is 73.4 Å². The van der Waals surface area contributed by atoms with E-state index in [0.717, 1.165) is 13.0 Å². The Morgan fingerprint density at radius 2 is 2.38 bits per heavy atom. The summed E-state index contributed by atoms with van der Waals surface area (Å²) in [6.45, 7) is 1.45. The molecule has 0 spiro atoms. The highest BCUT2D eigenvalue weighted by Crippen LogP contribution is 1.96. The van der Waals surface area contributed by atoms with Crippen LogP contribution in [-0.4, -0.2) is 47.9 Å². The van der Waals surface area contributed by atoms with Crippen molar-refractivity contribution in [1.29, 1.82) is 0 Å². The van der Waals surface area contributed by atoms with Crippen molar-refractivity contribution in [3.05, 3.63) is 12.3 Å². The lowest BCUT2D eigenvalue weighted by atomic mass is 10.4. The van der Waals surface area contributed by atoms with E-state index in [1.165, 1.54) is 4.68 Å². The number of carbonyl (C=O) groups is 1. The van der Waals surface area contributed by atoms with Crippen LogP contribution in [0.25, 0.3) is 0 Å². The third-order valence-electron chi connectivity index (χ3n) is 1.97. The standard InChI is InChI=1S/C10H18N4O2/c1-13(2)5-3-7-16-10(15)8-14-6-4-9(11)12-14/h4,6H,3,5,7-8H2,1-2H3,(H2,11,12). The fourth-order valence-electron chi connectivity index (χ4n) is 1.21. The molecular weight excluding hydrogens is 208 g/mol. The normalized spacial score (nSPS) is 10.7. The Bertz CT molecular complexity index is 335. The van der Waals surface area contributed by atoms with Crippen LogP contribution < -0.4 is 5.73 Å². The molecule has 0 radical (unpaired) electrons. The highest BCUT2D eigenvalue weighted by molar-refractivity contribution is 5.69. The van der Waals surface area contributed by atoms with Crippen LogP contribution in [0.5, 0.6) is 0 Å². The molecule has 90 valence electrons. The second-order valence-electron chi connectivity index (χ2n) is 3.82. The van der Waals surface area contributed by atoms with E-state index in [0.29, 0.717) is 12.4 Å². The molecule has 1 aromatic heterocycles. The summed E-state index contributed by atoms with van der Waals surface area (Å²) in [4.78, 5) is 13.4. The molecule has 1 heterocycles. The predicted molar refractivity (Wildman–Crippen MR) is 60.8 cm³/mol. The Balaban J connectivity index is 2.16. The van der Waals surface area contributed by atoms with Gasteiger partial charge in [-0.25, -0.2) is 0 Å². The molecule has 0 aliphatic rings. The van der Waals surface area contributed by atoms with Crippen molar-refractivity contribution in [3.63, 3.8) is 0 Å². The van der Waals surface area contributed by atoms with Crippen LogP contribution in [0.15, 0.2) is 12.3 Å². The highest BCUT2D eigenvalue weighted by Gasteiger charge is 2.04. The molecule has 0 aromatic carbocycles. The van der Waals surface area contributed by atoms with Gasteiger partial charge in [-0.05, 0) is 26.6 Å². The first-order chi connectivity index (χ1) is 7.58. The van der Waals surface area contributed by atoms with Crippen molar-refractivity contribution < 1.29 is 9.53 Å². The number of esters is 1. The van der Waals surface area contributed by atoms with Gasteiger partial charge in [0.05, 0.1) is 6.61 Å². The number of hydrogen-bond donors (Lipinski definition) is 1. The Hall–Kier alpha value is -1.56. The van der Waals surface area contributed by atoms with Gasteiger partial charge in [-0.15, -0.1) is 0 Å². The first-order valence-electron chi connectivity index (χ1n) is 5.17. The van der Waals surface area contributed by atoms with Crippen LogP contribution >= 0.6 is 0 Å². The molecule has 0 amide bonds. The predicted octanol–water partition coefficient (Wildman–Crippen LogP) is -0.0398. The van der Waals surface area contributed by atoms with Crippen LogP contribution in [0.3, 0.4) is 0 Å². The third kappa shape index (κ3) is 4.79. The zero-order valence-electron chi connectivity index (χ0n) is 9.72. The Labute approximate surface area is 95.0 Å². The van der Waals surface area contributed by atoms with E-state index in [-0.39, 0.29) is 12.5 Å². The van der Waals surface area contributed by atoms with Gasteiger partial charge in [-0.2, -0.15) is 5.10 Å². The SMILES string of the molecule is CN(C)CCCOC(=O)Cn1ccc(N)n1. The largest absolute Gasteiger partial charge is 0.464 e. The van der Waals surface area contributed by atoms with Gasteiger partial charge in [0.2, 0.25) is 0 Å². The third-order valence-corrected chi connectivity index (χ3v) is 1.97. The van der Waals surface area contributed by atoms with Crippen molar-refractivity contribution in [2.24, 2.45) is 0 Å². The first-order valence-corrected chi connectivity index (χ1v) is 5.17. The molecule has 6 heteroatoms. The zero-order valence-corrected chi connectivity index (χ0v) is 9.72. The van der Waals surface area contributed by atoms with Gasteiger partial charge < -0.3 is 15.4 Å². The van der Waals surface area contributed by atoms with Crippen molar-refractivity contribution in [1.82, 2.24) is 14.7 Å². The molecule has 1 rings (SSSR count). The Kier molecular flexibility index (Phi) is 4.78. The lowest BCUT2D eigenvalue weighted by Crippen LogP contribution is -2.18. The highest BCUT2D eigenvalue weighted by atomic mass is 16.5. The fraction of sp³-hybridized carbons (Fsp3) is 0.600. The second-order valence-corrected chi connectivity index (χ2v) is 3.82. The van der Waals surface area contributed by atoms with Gasteiger partial charge >= 0.3 is 5.97 Å². The maximum Gasteiger partial charge on any atom is 0.327 e. The summed E-state index contributed by atoms with van der Waals surface area (Å²) in [5.74, 6) is 0.113. The van der Waals surface area contributed by atoms with E-state index >= 15 is 0 Å². The molecule has 0 saturated heterocycles. The summed E-state index contributed by atoms with van der Waals surface area (Å²) in [5.41, 5.74) is 5.42. The van der Waals surface area contributed by atoms with Gasteiger partial charge in [-0.3, -0.25) is 9.48 Å². The van der Waals surface area contributed by atoms with E-state index < -0.39 is 0 Å². The first kappa shape index (κ1) is 12.5. The van der Waals surface area contributed by atoms with Crippen molar-refractivity contribution in [2.75, 3.05) is 33.0 Å². The average Bonchev–Trinajstić information content (AvgIpc) is 2.58. The van der Waals surface area contributed by atoms with Gasteiger partial charge in [0.15, 0.2) is 0 Å². The van der Waals surface area contributed by atoms with E-state index in [4.69, 9.17) is 10.5 Å². The maximum absolute atomic E-state index is 11.3. The molecule has 0 fully saturated rings. The summed E-state index contributed by atoms with van der Waals surface area (Å²) < 4.78 is 6.50. The number of hydrogen-bond acceptors (Lipinski definition) is 5. The van der Waals surface area contributed by atoms with Gasteiger partial charge in [0.1, 0.15) is 12.4 Å². The van der Waals surface area contributed by atoms with Gasteiger partial charge in [0, 0.05) is 12.7 Å². The van der Waals surface area contributed by atoms with E-state index in [1.807, 2.05) is 19.0 Å². The maximum atomic E-state index is 11.3. The number of nitrogens with two attached hydrogens (primary N) is 1. The van der Waals surface area contributed by atoms with Crippen LogP contribution in [0.1, 0.15) is 6.42 Å². The monoisotopic (exact) mass is 226 g/mol. The van der Waals surface area contributed by atoms with E-state index in [1.54, 1.807) is 12.3 Å². The molecule has 0 aliphatic carbocycles. The number of nitrogen functional groups attached to an aromatic ring is 1. The van der Waals surface area contributed by atoms with Crippen molar-refractivity contribution in [2.45, 2.75) is 13.0 Å². The molecule has 2 N–H and O–H groups in total. The lowest BCUT2D eigenvalue weighted by molar-refractivity contribution is -0.144. The number of anilines is 1. The summed E-state index contributed by atoms with van der Waals surface area (Å²) >= 11 is 0. The average molecular weight is 226 g/mol. The van der Waals surface area contributed by atoms with Gasteiger partial charge in [0.25, 0.3) is 0 Å². The van der Waals surface area contributed by atoms with Crippen LogP contribution in [-0.2, 0) is 16.1 Å². The van der Waals surface area contributed by atoms with E-state index in [2.05, 4.69) is 5.10 Å². The van der Waals surface area contributed by atoms with Crippen LogP contribution in [0.2, 0.25) is 0 Å². The van der Waals surface area contributed by atoms with Crippen molar-refractivity contribution >= 4 is 11.8 Å². The minimum Gasteiger partial charge on any atom is -0.464 e. The molecule has 0 atom stereocenters. The van der Waals surface area contributed by atoms with E-state index in [9.17, 15) is 4.79 Å². The zero-order chi connectivity index (χ0) is 12.0. The van der Waals surface area contributed by atoms with Crippen molar-refractivity contribution in [3.8, 4) is 0 Å². The molecular formula is C10H18N4O2. The van der Waals surface area contributed by atoms with Crippen LogP contribution in [0.4, 0.5) is 5.82 Å². The van der Waals surface area contributed by atoms with Gasteiger partial charge in [-0.1, -0.05) is 0 Å². The molecule has 16 heavy (non-hydrogen) atoms.